The summed E-state index contributed by atoms with van der Waals surface area (Å²) in [6.07, 6.45) is 87.2. The lowest BCUT2D eigenvalue weighted by molar-refractivity contribution is -0.870. The molecular weight excluding hydrogens is 984 g/mol. The Morgan fingerprint density at radius 1 is 0.462 bits per heavy atom. The average Bonchev–Trinajstić information content (AvgIpc) is 3.41. The van der Waals surface area contributed by atoms with E-state index >= 15 is 0 Å². The highest BCUT2D eigenvalue weighted by Crippen LogP contribution is 2.38. The summed E-state index contributed by atoms with van der Waals surface area (Å²) in [5, 5.41) is 13.9. The molecule has 1 amide bonds. The highest BCUT2D eigenvalue weighted by molar-refractivity contribution is 7.45. The number of carbonyl (C=O) groups excluding carboxylic acids is 1. The number of amides is 1. The van der Waals surface area contributed by atoms with Crippen LogP contribution in [-0.2, 0) is 18.4 Å². The zero-order chi connectivity index (χ0) is 57.0. The van der Waals surface area contributed by atoms with Crippen LogP contribution in [0.2, 0.25) is 0 Å². The van der Waals surface area contributed by atoms with Crippen LogP contribution in [-0.4, -0.2) is 68.5 Å². The molecule has 0 aromatic heterocycles. The molecule has 3 atom stereocenters. The van der Waals surface area contributed by atoms with Crippen molar-refractivity contribution in [1.29, 1.82) is 0 Å². The number of rotatable bonds is 57. The molecule has 3 unspecified atom stereocenters. The van der Waals surface area contributed by atoms with Crippen molar-refractivity contribution in [3.05, 3.63) is 122 Å². The number of carbonyl (C=O) groups is 1. The number of unbranched alkanes of at least 4 members (excludes halogenated alkanes) is 26. The van der Waals surface area contributed by atoms with E-state index in [0.29, 0.717) is 17.4 Å². The molecule has 78 heavy (non-hydrogen) atoms. The summed E-state index contributed by atoms with van der Waals surface area (Å²) < 4.78 is 23.4. The van der Waals surface area contributed by atoms with Gasteiger partial charge < -0.3 is 28.8 Å². The van der Waals surface area contributed by atoms with Crippen LogP contribution >= 0.6 is 7.82 Å². The van der Waals surface area contributed by atoms with Crippen molar-refractivity contribution in [2.75, 3.05) is 40.9 Å². The number of nitrogens with one attached hydrogen (secondary N) is 1. The van der Waals surface area contributed by atoms with E-state index in [0.717, 1.165) is 96.3 Å². The van der Waals surface area contributed by atoms with Gasteiger partial charge in [-0.25, -0.2) is 0 Å². The molecule has 2 N–H and O–H groups in total. The lowest BCUT2D eigenvalue weighted by Gasteiger charge is -2.29. The van der Waals surface area contributed by atoms with Gasteiger partial charge >= 0.3 is 0 Å². The molecule has 0 heterocycles. The van der Waals surface area contributed by atoms with E-state index in [1.165, 1.54) is 141 Å². The van der Waals surface area contributed by atoms with E-state index in [1.807, 2.05) is 27.2 Å². The van der Waals surface area contributed by atoms with E-state index in [-0.39, 0.29) is 12.5 Å². The second-order valence-corrected chi connectivity index (χ2v) is 23.8. The second kappa shape index (κ2) is 58.6. The predicted molar refractivity (Wildman–Crippen MR) is 339 cm³/mol. The number of quaternary nitrogens is 1. The first-order chi connectivity index (χ1) is 38.0. The third-order valence-corrected chi connectivity index (χ3v) is 14.6. The number of nitrogens with zero attached hydrogens (tertiary/aromatic N) is 1. The van der Waals surface area contributed by atoms with Crippen LogP contribution in [0, 0.1) is 0 Å². The molecule has 0 aliphatic carbocycles. The van der Waals surface area contributed by atoms with Crippen molar-refractivity contribution in [3.63, 3.8) is 0 Å². The molecule has 0 spiro atoms. The monoisotopic (exact) mass is 1100 g/mol. The zero-order valence-corrected chi connectivity index (χ0v) is 52.0. The molecular formula is C69H121N2O6P. The fourth-order valence-electron chi connectivity index (χ4n) is 8.70. The van der Waals surface area contributed by atoms with Crippen molar-refractivity contribution >= 4 is 13.7 Å². The summed E-state index contributed by atoms with van der Waals surface area (Å²) in [6.45, 7) is 4.51. The molecule has 0 saturated carbocycles. The minimum Gasteiger partial charge on any atom is -0.756 e. The first kappa shape index (κ1) is 74.9. The van der Waals surface area contributed by atoms with Crippen molar-refractivity contribution < 1.29 is 32.9 Å². The van der Waals surface area contributed by atoms with Gasteiger partial charge in [0, 0.05) is 6.42 Å². The summed E-state index contributed by atoms with van der Waals surface area (Å²) in [5.74, 6) is -0.218. The molecule has 0 fully saturated rings. The lowest BCUT2D eigenvalue weighted by atomic mass is 10.0. The Morgan fingerprint density at radius 2 is 0.795 bits per heavy atom. The van der Waals surface area contributed by atoms with Gasteiger partial charge in [-0.2, -0.15) is 0 Å². The minimum absolute atomic E-state index is 0.0151. The van der Waals surface area contributed by atoms with Gasteiger partial charge in [0.25, 0.3) is 7.82 Å². The van der Waals surface area contributed by atoms with Crippen LogP contribution in [0.3, 0.4) is 0 Å². The maximum absolute atomic E-state index is 13.0. The molecule has 0 rings (SSSR count). The van der Waals surface area contributed by atoms with Gasteiger partial charge in [0.15, 0.2) is 0 Å². The Kier molecular flexibility index (Phi) is 56.2. The van der Waals surface area contributed by atoms with E-state index < -0.39 is 26.6 Å². The number of aliphatic hydroxyl groups is 1. The number of hydrogen-bond acceptors (Lipinski definition) is 6. The van der Waals surface area contributed by atoms with Crippen molar-refractivity contribution in [1.82, 2.24) is 5.32 Å². The summed E-state index contributed by atoms with van der Waals surface area (Å²) in [5.41, 5.74) is 0. The molecule has 0 aromatic rings. The van der Waals surface area contributed by atoms with Crippen LogP contribution in [0.25, 0.3) is 0 Å². The van der Waals surface area contributed by atoms with Gasteiger partial charge in [0.1, 0.15) is 13.2 Å². The normalized spacial score (nSPS) is 14.6. The van der Waals surface area contributed by atoms with E-state index in [9.17, 15) is 19.4 Å². The average molecular weight is 1110 g/mol. The van der Waals surface area contributed by atoms with Gasteiger partial charge in [-0.1, -0.05) is 270 Å². The molecule has 9 heteroatoms. The van der Waals surface area contributed by atoms with Gasteiger partial charge in [0.05, 0.1) is 39.9 Å². The van der Waals surface area contributed by atoms with E-state index in [2.05, 4.69) is 129 Å². The number of aliphatic hydroxyl groups excluding tert-OH is 1. The zero-order valence-electron chi connectivity index (χ0n) is 51.1. The third-order valence-electron chi connectivity index (χ3n) is 13.6. The highest BCUT2D eigenvalue weighted by atomic mass is 31.2. The summed E-state index contributed by atoms with van der Waals surface area (Å²) >= 11 is 0. The van der Waals surface area contributed by atoms with Gasteiger partial charge in [-0.3, -0.25) is 9.36 Å². The Bertz CT molecular complexity index is 1680. The highest BCUT2D eigenvalue weighted by Gasteiger charge is 2.23. The molecule has 0 saturated heterocycles. The number of hydrogen-bond donors (Lipinski definition) is 2. The Hall–Kier alpha value is -3.10. The Labute approximate surface area is 482 Å². The predicted octanol–water partition coefficient (Wildman–Crippen LogP) is 19.5. The molecule has 0 aliphatic heterocycles. The standard InChI is InChI=1S/C69H121N2O6P/c1-6-8-10-12-14-16-18-20-22-24-26-28-30-31-32-33-34-35-36-37-38-39-41-43-45-47-49-51-53-55-57-59-61-63-69(73)70-67(66-77-78(74,75)76-65-64-71(3,4)5)68(72)62-60-58-56-54-52-50-48-46-44-42-40-29-27-25-23-21-19-17-15-13-11-9-7-2/h8,10,14,16,20,22,26,28,31-32,34-35,37-38,44,46,52,54,60,62,67-68,72H,6-7,9,11-13,15,17-19,21,23-25,27,29-30,33,36,39-43,45,47-51,53,55-59,61,63-66H2,1-5H3,(H-,70,73,74,75)/b10-8-,16-14-,22-20-,28-26-,32-31-,35-34-,38-37-,46-44+,54-52+,62-60+. The number of allylic oxidation sites excluding steroid dienone is 19. The minimum atomic E-state index is -4.62. The van der Waals surface area contributed by atoms with Gasteiger partial charge in [0.2, 0.25) is 5.91 Å². The van der Waals surface area contributed by atoms with E-state index in [4.69, 9.17) is 9.05 Å². The second-order valence-electron chi connectivity index (χ2n) is 22.4. The molecule has 0 aromatic carbocycles. The van der Waals surface area contributed by atoms with Crippen LogP contribution in [0.15, 0.2) is 122 Å². The Balaban J connectivity index is 4.23. The lowest BCUT2D eigenvalue weighted by Crippen LogP contribution is -2.45. The molecule has 8 nitrogen and oxygen atoms in total. The number of phosphoric acid groups is 1. The maximum Gasteiger partial charge on any atom is 0.268 e. The smallest absolute Gasteiger partial charge is 0.268 e. The fourth-order valence-corrected chi connectivity index (χ4v) is 9.42. The number of likely N-dealkylation sites (N-methyl/N-ethyl adjacent to an activating group) is 1. The molecule has 0 bridgehead atoms. The molecule has 0 aliphatic rings. The number of phosphoric ester groups is 1. The van der Waals surface area contributed by atoms with Crippen molar-refractivity contribution in [2.45, 2.75) is 270 Å². The Morgan fingerprint density at radius 3 is 1.19 bits per heavy atom. The largest absolute Gasteiger partial charge is 0.756 e. The molecule has 0 radical (unpaired) electrons. The first-order valence-corrected chi connectivity index (χ1v) is 33.4. The van der Waals surface area contributed by atoms with Crippen LogP contribution < -0.4 is 10.2 Å². The SMILES string of the molecule is CC/C=C\C/C=C\C/C=C\C/C=C\C/C=C\C/C=C\C/C=C\CCCCCCCCCCCCCC(=O)NC(COP(=O)([O-])OCC[N+](C)(C)C)C(O)/C=C/CC/C=C/CC/C=C/CCCCCCCCCCCCCCC. The third kappa shape index (κ3) is 60.5. The maximum atomic E-state index is 13.0. The summed E-state index contributed by atoms with van der Waals surface area (Å²) in [6, 6.07) is -0.921. The van der Waals surface area contributed by atoms with E-state index in [1.54, 1.807) is 6.08 Å². The van der Waals surface area contributed by atoms with Crippen LogP contribution in [0.1, 0.15) is 258 Å². The summed E-state index contributed by atoms with van der Waals surface area (Å²) in [7, 11) is 1.22. The first-order valence-electron chi connectivity index (χ1n) is 31.9. The van der Waals surface area contributed by atoms with Crippen molar-refractivity contribution in [3.8, 4) is 0 Å². The summed E-state index contributed by atoms with van der Waals surface area (Å²) in [4.78, 5) is 25.6. The van der Waals surface area contributed by atoms with Crippen molar-refractivity contribution in [2.24, 2.45) is 0 Å². The van der Waals surface area contributed by atoms with Gasteiger partial charge in [-0.05, 0) is 103 Å². The van der Waals surface area contributed by atoms with Crippen LogP contribution in [0.5, 0.6) is 0 Å². The topological polar surface area (TPSA) is 108 Å². The molecule has 448 valence electrons. The quantitative estimate of drug-likeness (QED) is 0.0272. The van der Waals surface area contributed by atoms with Gasteiger partial charge in [-0.15, -0.1) is 0 Å². The fraction of sp³-hybridized carbons (Fsp3) is 0.696. The van der Waals surface area contributed by atoms with Crippen LogP contribution in [0.4, 0.5) is 0 Å².